The molecule has 0 bridgehead atoms. The molecular formula is C19H17N5O2. The summed E-state index contributed by atoms with van der Waals surface area (Å²) in [5, 5.41) is 9.31. The molecule has 7 heteroatoms. The van der Waals surface area contributed by atoms with E-state index in [9.17, 15) is 0 Å². The van der Waals surface area contributed by atoms with Crippen LogP contribution in [0.15, 0.2) is 65.9 Å². The highest BCUT2D eigenvalue weighted by Gasteiger charge is 2.22. The number of hydrazone groups is 1. The Labute approximate surface area is 150 Å². The fourth-order valence-electron chi connectivity index (χ4n) is 2.56. The molecule has 0 aliphatic carbocycles. The highest BCUT2D eigenvalue weighted by molar-refractivity contribution is 5.98. The van der Waals surface area contributed by atoms with Crippen molar-refractivity contribution in [3.05, 3.63) is 66.4 Å². The molecule has 1 aromatic heterocycles. The van der Waals surface area contributed by atoms with Crippen LogP contribution in [0.25, 0.3) is 0 Å². The van der Waals surface area contributed by atoms with Gasteiger partial charge in [0.2, 0.25) is 11.8 Å². The normalized spacial score (nSPS) is 12.7. The molecule has 3 aromatic rings. The van der Waals surface area contributed by atoms with E-state index < -0.39 is 0 Å². The molecule has 0 atom stereocenters. The Hall–Kier alpha value is -3.61. The first-order valence-electron chi connectivity index (χ1n) is 8.06. The Morgan fingerprint density at radius 1 is 1.08 bits per heavy atom. The molecule has 1 aliphatic heterocycles. The number of fused-ring (bicyclic) bond motifs is 1. The quantitative estimate of drug-likeness (QED) is 0.780. The highest BCUT2D eigenvalue weighted by Crippen LogP contribution is 2.31. The van der Waals surface area contributed by atoms with Crippen LogP contribution < -0.4 is 19.8 Å². The first-order chi connectivity index (χ1) is 12.7. The predicted molar refractivity (Wildman–Crippen MR) is 100 cm³/mol. The molecule has 130 valence electrons. The summed E-state index contributed by atoms with van der Waals surface area (Å²) in [5.41, 5.74) is 1.72. The van der Waals surface area contributed by atoms with Gasteiger partial charge in [0.1, 0.15) is 5.75 Å². The first-order valence-corrected chi connectivity index (χ1v) is 8.06. The summed E-state index contributed by atoms with van der Waals surface area (Å²) < 4.78 is 11.2. The van der Waals surface area contributed by atoms with E-state index in [0.29, 0.717) is 23.4 Å². The van der Waals surface area contributed by atoms with Crippen LogP contribution in [-0.2, 0) is 0 Å². The number of anilines is 3. The van der Waals surface area contributed by atoms with Crippen LogP contribution >= 0.6 is 0 Å². The molecule has 2 heterocycles. The first kappa shape index (κ1) is 15.9. The Morgan fingerprint density at radius 3 is 2.73 bits per heavy atom. The molecule has 26 heavy (non-hydrogen) atoms. The molecule has 2 aromatic carbocycles. The number of para-hydroxylation sites is 1. The molecule has 0 unspecified atom stereocenters. The second-order valence-corrected chi connectivity index (χ2v) is 5.64. The van der Waals surface area contributed by atoms with Gasteiger partial charge in [-0.2, -0.15) is 4.98 Å². The SMILES string of the molecule is COc1cccc(C2=NN(C)c3nc(Nc4ccccc4)ncc3O2)c1. The van der Waals surface area contributed by atoms with Gasteiger partial charge in [0.15, 0.2) is 11.6 Å². The van der Waals surface area contributed by atoms with Gasteiger partial charge in [-0.05, 0) is 30.3 Å². The third-order valence-electron chi connectivity index (χ3n) is 3.84. The lowest BCUT2D eigenvalue weighted by molar-refractivity contribution is 0.414. The van der Waals surface area contributed by atoms with Gasteiger partial charge in [0.25, 0.3) is 0 Å². The van der Waals surface area contributed by atoms with Crippen LogP contribution in [0.5, 0.6) is 11.5 Å². The number of rotatable bonds is 4. The Balaban J connectivity index is 1.61. The highest BCUT2D eigenvalue weighted by atomic mass is 16.5. The lowest BCUT2D eigenvalue weighted by Crippen LogP contribution is -2.25. The van der Waals surface area contributed by atoms with Crippen molar-refractivity contribution in [2.45, 2.75) is 0 Å². The number of hydrogen-bond acceptors (Lipinski definition) is 7. The van der Waals surface area contributed by atoms with E-state index >= 15 is 0 Å². The average Bonchev–Trinajstić information content (AvgIpc) is 2.69. The monoisotopic (exact) mass is 347 g/mol. The van der Waals surface area contributed by atoms with E-state index in [1.807, 2.05) is 61.6 Å². The van der Waals surface area contributed by atoms with Crippen LogP contribution in [0, 0.1) is 0 Å². The molecule has 0 amide bonds. The van der Waals surface area contributed by atoms with Gasteiger partial charge in [-0.15, -0.1) is 5.10 Å². The van der Waals surface area contributed by atoms with Crippen LogP contribution in [-0.4, -0.2) is 30.0 Å². The fourth-order valence-corrected chi connectivity index (χ4v) is 2.56. The Kier molecular flexibility index (Phi) is 4.10. The van der Waals surface area contributed by atoms with Crippen molar-refractivity contribution in [3.63, 3.8) is 0 Å². The Morgan fingerprint density at radius 2 is 1.92 bits per heavy atom. The van der Waals surface area contributed by atoms with Crippen LogP contribution in [0.2, 0.25) is 0 Å². The van der Waals surface area contributed by atoms with E-state index in [4.69, 9.17) is 9.47 Å². The number of nitrogens with zero attached hydrogens (tertiary/aromatic N) is 4. The summed E-state index contributed by atoms with van der Waals surface area (Å²) in [6.07, 6.45) is 1.64. The van der Waals surface area contributed by atoms with Crippen molar-refractivity contribution < 1.29 is 9.47 Å². The predicted octanol–water partition coefficient (Wildman–Crippen LogP) is 3.42. The summed E-state index contributed by atoms with van der Waals surface area (Å²) in [6, 6.07) is 17.3. The zero-order valence-electron chi connectivity index (χ0n) is 14.4. The maximum absolute atomic E-state index is 5.89. The van der Waals surface area contributed by atoms with E-state index in [-0.39, 0.29) is 0 Å². The van der Waals surface area contributed by atoms with Crippen molar-refractivity contribution in [1.82, 2.24) is 9.97 Å². The molecule has 0 spiro atoms. The summed E-state index contributed by atoms with van der Waals surface area (Å²) in [6.45, 7) is 0. The minimum absolute atomic E-state index is 0.464. The second kappa shape index (κ2) is 6.72. The maximum Gasteiger partial charge on any atom is 0.244 e. The third-order valence-corrected chi connectivity index (χ3v) is 3.84. The molecule has 1 N–H and O–H groups in total. The second-order valence-electron chi connectivity index (χ2n) is 5.64. The topological polar surface area (TPSA) is 71.9 Å². The lowest BCUT2D eigenvalue weighted by atomic mass is 10.2. The van der Waals surface area contributed by atoms with Crippen LogP contribution in [0.3, 0.4) is 0 Å². The van der Waals surface area contributed by atoms with E-state index in [2.05, 4.69) is 20.4 Å². The lowest BCUT2D eigenvalue weighted by Gasteiger charge is -2.23. The maximum atomic E-state index is 5.89. The van der Waals surface area contributed by atoms with Crippen molar-refractivity contribution in [3.8, 4) is 11.5 Å². The minimum atomic E-state index is 0.464. The molecular weight excluding hydrogens is 330 g/mol. The number of methoxy groups -OCH3 is 1. The zero-order valence-corrected chi connectivity index (χ0v) is 14.4. The van der Waals surface area contributed by atoms with Crippen LogP contribution in [0.4, 0.5) is 17.5 Å². The molecule has 0 radical (unpaired) electrons. The fraction of sp³-hybridized carbons (Fsp3) is 0.105. The van der Waals surface area contributed by atoms with Gasteiger partial charge in [0.05, 0.1) is 13.3 Å². The van der Waals surface area contributed by atoms with Crippen LogP contribution in [0.1, 0.15) is 5.56 Å². The van der Waals surface area contributed by atoms with E-state index in [1.54, 1.807) is 18.3 Å². The van der Waals surface area contributed by atoms with Crippen molar-refractivity contribution in [1.29, 1.82) is 0 Å². The molecule has 7 nitrogen and oxygen atoms in total. The molecule has 0 fully saturated rings. The van der Waals surface area contributed by atoms with Gasteiger partial charge >= 0.3 is 0 Å². The van der Waals surface area contributed by atoms with Crippen molar-refractivity contribution in [2.75, 3.05) is 24.5 Å². The number of hydrogen-bond donors (Lipinski definition) is 1. The average molecular weight is 347 g/mol. The number of nitrogens with one attached hydrogen (secondary N) is 1. The van der Waals surface area contributed by atoms with Gasteiger partial charge in [-0.1, -0.05) is 24.3 Å². The summed E-state index contributed by atoms with van der Waals surface area (Å²) in [7, 11) is 3.44. The molecule has 4 rings (SSSR count). The number of ether oxygens (including phenoxy) is 2. The minimum Gasteiger partial charge on any atom is -0.497 e. The summed E-state index contributed by atoms with van der Waals surface area (Å²) in [5.74, 6) is 2.81. The van der Waals surface area contributed by atoms with Gasteiger partial charge in [0, 0.05) is 18.3 Å². The number of benzene rings is 2. The van der Waals surface area contributed by atoms with Gasteiger partial charge in [-0.3, -0.25) is 0 Å². The van der Waals surface area contributed by atoms with E-state index in [0.717, 1.165) is 17.0 Å². The largest absolute Gasteiger partial charge is 0.497 e. The molecule has 1 aliphatic rings. The smallest absolute Gasteiger partial charge is 0.244 e. The number of aromatic nitrogens is 2. The van der Waals surface area contributed by atoms with Gasteiger partial charge in [-0.25, -0.2) is 9.99 Å². The third kappa shape index (κ3) is 3.14. The summed E-state index contributed by atoms with van der Waals surface area (Å²) in [4.78, 5) is 8.83. The van der Waals surface area contributed by atoms with E-state index in [1.165, 1.54) is 0 Å². The summed E-state index contributed by atoms with van der Waals surface area (Å²) >= 11 is 0. The Bertz CT molecular complexity index is 959. The van der Waals surface area contributed by atoms with Crippen molar-refractivity contribution >= 4 is 23.4 Å². The van der Waals surface area contributed by atoms with Gasteiger partial charge < -0.3 is 14.8 Å². The zero-order chi connectivity index (χ0) is 17.9. The molecule has 0 saturated heterocycles. The standard InChI is InChI=1S/C19H17N5O2/c1-24-17-16(12-20-19(22-17)21-14-8-4-3-5-9-14)26-18(23-24)13-7-6-10-15(11-13)25-2/h3-12H,1-2H3,(H,20,21,22). The molecule has 0 saturated carbocycles. The van der Waals surface area contributed by atoms with Crippen molar-refractivity contribution in [2.24, 2.45) is 5.10 Å².